The molecule has 0 saturated carbocycles. The number of rotatable bonds is 5. The lowest BCUT2D eigenvalue weighted by atomic mass is 10.2. The number of hydrogen-bond donors (Lipinski definition) is 1. The second-order valence-corrected chi connectivity index (χ2v) is 7.12. The molecule has 0 unspecified atom stereocenters. The minimum atomic E-state index is -0.125. The van der Waals surface area contributed by atoms with Crippen LogP contribution < -0.4 is 5.32 Å². The molecular weight excluding hydrogens is 360 g/mol. The van der Waals surface area contributed by atoms with Crippen LogP contribution in [0, 0.1) is 6.92 Å². The highest BCUT2D eigenvalue weighted by atomic mass is 32.1. The Morgan fingerprint density at radius 2 is 2.04 bits per heavy atom. The topological polar surface area (TPSA) is 77.6 Å². The first-order valence-corrected chi connectivity index (χ1v) is 9.25. The van der Waals surface area contributed by atoms with Gasteiger partial charge in [-0.05, 0) is 30.7 Å². The van der Waals surface area contributed by atoms with Crippen LogP contribution in [0.25, 0.3) is 16.4 Å². The predicted molar refractivity (Wildman–Crippen MR) is 104 cm³/mol. The van der Waals surface area contributed by atoms with Crippen molar-refractivity contribution in [1.82, 2.24) is 29.6 Å². The molecule has 1 N–H and O–H groups in total. The van der Waals surface area contributed by atoms with Crippen LogP contribution in [-0.4, -0.2) is 30.2 Å². The Hall–Kier alpha value is -3.26. The van der Waals surface area contributed by atoms with E-state index >= 15 is 0 Å². The molecule has 4 heterocycles. The van der Waals surface area contributed by atoms with Crippen molar-refractivity contribution in [2.45, 2.75) is 13.5 Å². The maximum absolute atomic E-state index is 12.5. The summed E-state index contributed by atoms with van der Waals surface area (Å²) in [5.74, 6) is -0.125. The zero-order valence-electron chi connectivity index (χ0n) is 15.0. The third-order valence-electron chi connectivity index (χ3n) is 4.10. The minimum Gasteiger partial charge on any atom is -0.347 e. The van der Waals surface area contributed by atoms with Gasteiger partial charge in [-0.3, -0.25) is 14.5 Å². The Labute approximate surface area is 160 Å². The summed E-state index contributed by atoms with van der Waals surface area (Å²) in [7, 11) is 1.87. The van der Waals surface area contributed by atoms with Crippen LogP contribution in [0.1, 0.15) is 20.9 Å². The fourth-order valence-corrected chi connectivity index (χ4v) is 3.63. The van der Waals surface area contributed by atoms with Gasteiger partial charge in [-0.25, -0.2) is 4.98 Å². The van der Waals surface area contributed by atoms with E-state index < -0.39 is 0 Å². The average Bonchev–Trinajstić information content (AvgIpc) is 3.41. The highest BCUT2D eigenvalue weighted by Crippen LogP contribution is 2.22. The second-order valence-electron chi connectivity index (χ2n) is 6.14. The summed E-state index contributed by atoms with van der Waals surface area (Å²) >= 11 is 1.38. The summed E-state index contributed by atoms with van der Waals surface area (Å²) in [4.78, 5) is 22.1. The summed E-state index contributed by atoms with van der Waals surface area (Å²) in [6.07, 6.45) is 9.29. The van der Waals surface area contributed by atoms with Gasteiger partial charge in [0.15, 0.2) is 5.13 Å². The van der Waals surface area contributed by atoms with Gasteiger partial charge in [0.1, 0.15) is 4.88 Å². The molecule has 0 aliphatic carbocycles. The van der Waals surface area contributed by atoms with Gasteiger partial charge in [0.05, 0.1) is 17.6 Å². The molecule has 0 radical (unpaired) electrons. The molecule has 136 valence electrons. The monoisotopic (exact) mass is 378 g/mol. The molecule has 0 aliphatic rings. The molecule has 0 aliphatic heterocycles. The standard InChI is InChI=1S/C19H18N6OS/c1-13-17(27-19(23-13)25-7-3-4-8-25)18(26)21-10-14-5-6-16(20-9-14)15-11-22-24(2)12-15/h3-9,11-12H,10H2,1-2H3,(H,21,26). The lowest BCUT2D eigenvalue weighted by Gasteiger charge is -2.05. The molecule has 1 amide bonds. The summed E-state index contributed by atoms with van der Waals surface area (Å²) in [5, 5.41) is 7.88. The second kappa shape index (κ2) is 7.16. The van der Waals surface area contributed by atoms with E-state index in [1.807, 2.05) is 61.4 Å². The van der Waals surface area contributed by atoms with E-state index in [1.165, 1.54) is 11.3 Å². The molecular formula is C19H18N6OS. The number of thiazole rings is 1. The van der Waals surface area contributed by atoms with E-state index in [2.05, 4.69) is 20.4 Å². The molecule has 0 fully saturated rings. The quantitative estimate of drug-likeness (QED) is 0.579. The summed E-state index contributed by atoms with van der Waals surface area (Å²) in [6, 6.07) is 7.75. The zero-order chi connectivity index (χ0) is 18.8. The highest BCUT2D eigenvalue weighted by Gasteiger charge is 2.15. The first-order chi connectivity index (χ1) is 13.1. The van der Waals surface area contributed by atoms with Crippen LogP contribution in [0.4, 0.5) is 0 Å². The van der Waals surface area contributed by atoms with Gasteiger partial charge in [0.25, 0.3) is 5.91 Å². The lowest BCUT2D eigenvalue weighted by Crippen LogP contribution is -2.22. The molecule has 4 aromatic heterocycles. The third-order valence-corrected chi connectivity index (χ3v) is 5.26. The molecule has 7 nitrogen and oxygen atoms in total. The fraction of sp³-hybridized carbons (Fsp3) is 0.158. The smallest absolute Gasteiger partial charge is 0.263 e. The van der Waals surface area contributed by atoms with Crippen LogP contribution in [0.15, 0.2) is 55.2 Å². The van der Waals surface area contributed by atoms with Crippen molar-refractivity contribution in [3.63, 3.8) is 0 Å². The molecule has 0 bridgehead atoms. The Kier molecular flexibility index (Phi) is 4.55. The number of amides is 1. The van der Waals surface area contributed by atoms with E-state index in [4.69, 9.17) is 0 Å². The predicted octanol–water partition coefficient (Wildman–Crippen LogP) is 2.97. The number of carbonyl (C=O) groups excluding carboxylic acids is 1. The maximum atomic E-state index is 12.5. The van der Waals surface area contributed by atoms with Gasteiger partial charge >= 0.3 is 0 Å². The van der Waals surface area contributed by atoms with Crippen molar-refractivity contribution in [3.8, 4) is 16.4 Å². The summed E-state index contributed by atoms with van der Waals surface area (Å²) < 4.78 is 3.64. The van der Waals surface area contributed by atoms with Gasteiger partial charge in [-0.15, -0.1) is 0 Å². The van der Waals surface area contributed by atoms with Crippen molar-refractivity contribution in [3.05, 3.63) is 71.4 Å². The SMILES string of the molecule is Cc1nc(-n2cccc2)sc1C(=O)NCc1ccc(-c2cnn(C)c2)nc1. The largest absolute Gasteiger partial charge is 0.347 e. The number of aromatic nitrogens is 5. The van der Waals surface area contributed by atoms with Crippen LogP contribution in [0.3, 0.4) is 0 Å². The molecule has 0 saturated heterocycles. The molecule has 4 rings (SSSR count). The number of nitrogens with zero attached hydrogens (tertiary/aromatic N) is 5. The van der Waals surface area contributed by atoms with Crippen molar-refractivity contribution in [1.29, 1.82) is 0 Å². The van der Waals surface area contributed by atoms with Crippen LogP contribution >= 0.6 is 11.3 Å². The summed E-state index contributed by atoms with van der Waals surface area (Å²) in [6.45, 7) is 2.26. The average molecular weight is 378 g/mol. The Morgan fingerprint density at radius 3 is 2.70 bits per heavy atom. The first kappa shape index (κ1) is 17.2. The molecule has 0 atom stereocenters. The molecule has 8 heteroatoms. The minimum absolute atomic E-state index is 0.125. The highest BCUT2D eigenvalue weighted by molar-refractivity contribution is 7.16. The lowest BCUT2D eigenvalue weighted by molar-refractivity contribution is 0.0954. The number of hydrogen-bond acceptors (Lipinski definition) is 5. The number of nitrogens with one attached hydrogen (secondary N) is 1. The molecule has 4 aromatic rings. The molecule has 0 aromatic carbocycles. The van der Waals surface area contributed by atoms with Crippen molar-refractivity contribution >= 4 is 17.2 Å². The third kappa shape index (κ3) is 3.65. The molecule has 0 spiro atoms. The summed E-state index contributed by atoms with van der Waals surface area (Å²) in [5.41, 5.74) is 3.48. The van der Waals surface area contributed by atoms with E-state index in [9.17, 15) is 4.79 Å². The van der Waals surface area contributed by atoms with Gasteiger partial charge in [-0.1, -0.05) is 17.4 Å². The first-order valence-electron chi connectivity index (χ1n) is 8.43. The zero-order valence-corrected chi connectivity index (χ0v) is 15.8. The number of aryl methyl sites for hydroxylation is 2. The fourth-order valence-electron chi connectivity index (χ4n) is 2.68. The maximum Gasteiger partial charge on any atom is 0.263 e. The Balaban J connectivity index is 1.42. The Morgan fingerprint density at radius 1 is 1.22 bits per heavy atom. The van der Waals surface area contributed by atoms with Crippen LogP contribution in [-0.2, 0) is 13.6 Å². The van der Waals surface area contributed by atoms with Gasteiger partial charge < -0.3 is 9.88 Å². The van der Waals surface area contributed by atoms with E-state index in [-0.39, 0.29) is 5.91 Å². The molecule has 27 heavy (non-hydrogen) atoms. The Bertz CT molecular complexity index is 1060. The van der Waals surface area contributed by atoms with Crippen LogP contribution in [0.5, 0.6) is 0 Å². The van der Waals surface area contributed by atoms with E-state index in [1.54, 1.807) is 17.1 Å². The van der Waals surface area contributed by atoms with Crippen molar-refractivity contribution in [2.24, 2.45) is 7.05 Å². The van der Waals surface area contributed by atoms with Gasteiger partial charge in [0, 0.05) is 43.9 Å². The van der Waals surface area contributed by atoms with E-state index in [0.717, 1.165) is 27.6 Å². The number of carbonyl (C=O) groups is 1. The number of pyridine rings is 1. The van der Waals surface area contributed by atoms with Crippen LogP contribution in [0.2, 0.25) is 0 Å². The van der Waals surface area contributed by atoms with Gasteiger partial charge in [0.2, 0.25) is 0 Å². The van der Waals surface area contributed by atoms with E-state index in [0.29, 0.717) is 11.4 Å². The van der Waals surface area contributed by atoms with Crippen molar-refractivity contribution < 1.29 is 4.79 Å². The van der Waals surface area contributed by atoms with Gasteiger partial charge in [-0.2, -0.15) is 5.10 Å². The normalized spacial score (nSPS) is 10.9. The van der Waals surface area contributed by atoms with Crippen molar-refractivity contribution in [2.75, 3.05) is 0 Å².